The standard InChI is InChI=1S/C12H24N2O/c13-9-11(5-3-1-2-4-6-11)12(15)7-8-14-10-12/h14-15H,1-10,13H2. The molecule has 1 heterocycles. The number of nitrogens with one attached hydrogen (secondary N) is 1. The zero-order valence-electron chi connectivity index (χ0n) is 9.60. The first-order chi connectivity index (χ1) is 7.22. The molecular formula is C12H24N2O. The molecule has 2 rings (SSSR count). The monoisotopic (exact) mass is 212 g/mol. The van der Waals surface area contributed by atoms with Crippen molar-refractivity contribution in [2.45, 2.75) is 50.5 Å². The normalized spacial score (nSPS) is 36.4. The highest BCUT2D eigenvalue weighted by atomic mass is 16.3. The molecule has 88 valence electrons. The Labute approximate surface area is 92.4 Å². The minimum Gasteiger partial charge on any atom is -0.388 e. The number of β-amino-alcohol motifs (C(OH)–C–C–N with tert-alkyl or cyclic N) is 1. The fourth-order valence-corrected chi connectivity index (χ4v) is 3.40. The maximum absolute atomic E-state index is 10.7. The van der Waals surface area contributed by atoms with Crippen LogP contribution in [0.4, 0.5) is 0 Å². The van der Waals surface area contributed by atoms with E-state index in [4.69, 9.17) is 5.73 Å². The van der Waals surface area contributed by atoms with Gasteiger partial charge in [0.1, 0.15) is 0 Å². The molecule has 4 N–H and O–H groups in total. The lowest BCUT2D eigenvalue weighted by Gasteiger charge is -2.44. The van der Waals surface area contributed by atoms with Crippen LogP contribution in [-0.2, 0) is 0 Å². The van der Waals surface area contributed by atoms with Crippen molar-refractivity contribution in [2.24, 2.45) is 11.1 Å². The molecule has 1 aliphatic carbocycles. The van der Waals surface area contributed by atoms with E-state index in [1.54, 1.807) is 0 Å². The van der Waals surface area contributed by atoms with Gasteiger partial charge in [-0.25, -0.2) is 0 Å². The van der Waals surface area contributed by atoms with E-state index in [2.05, 4.69) is 5.32 Å². The van der Waals surface area contributed by atoms with Gasteiger partial charge in [-0.2, -0.15) is 0 Å². The van der Waals surface area contributed by atoms with Crippen LogP contribution in [0.5, 0.6) is 0 Å². The van der Waals surface area contributed by atoms with E-state index < -0.39 is 5.60 Å². The maximum atomic E-state index is 10.7. The predicted molar refractivity (Wildman–Crippen MR) is 61.6 cm³/mol. The third-order valence-corrected chi connectivity index (χ3v) is 4.57. The van der Waals surface area contributed by atoms with Crippen LogP contribution in [0.3, 0.4) is 0 Å². The second kappa shape index (κ2) is 4.40. The maximum Gasteiger partial charge on any atom is 0.0851 e. The highest BCUT2D eigenvalue weighted by Crippen LogP contribution is 2.45. The van der Waals surface area contributed by atoms with Crippen LogP contribution in [-0.4, -0.2) is 30.3 Å². The Bertz CT molecular complexity index is 204. The summed E-state index contributed by atoms with van der Waals surface area (Å²) in [6, 6.07) is 0. The first-order valence-corrected chi connectivity index (χ1v) is 6.36. The molecule has 1 saturated carbocycles. The zero-order valence-corrected chi connectivity index (χ0v) is 9.60. The molecule has 3 heteroatoms. The molecule has 15 heavy (non-hydrogen) atoms. The van der Waals surface area contributed by atoms with Gasteiger partial charge in [-0.05, 0) is 25.8 Å². The van der Waals surface area contributed by atoms with E-state index in [0.29, 0.717) is 6.54 Å². The molecule has 3 nitrogen and oxygen atoms in total. The van der Waals surface area contributed by atoms with Crippen LogP contribution in [0, 0.1) is 5.41 Å². The molecule has 1 unspecified atom stereocenters. The summed E-state index contributed by atoms with van der Waals surface area (Å²) in [5, 5.41) is 14.0. The largest absolute Gasteiger partial charge is 0.388 e. The molecule has 1 aliphatic heterocycles. The second-order valence-corrected chi connectivity index (χ2v) is 5.36. The molecule has 1 atom stereocenters. The molecule has 2 aliphatic rings. The number of hydrogen-bond donors (Lipinski definition) is 3. The number of hydrogen-bond acceptors (Lipinski definition) is 3. The topological polar surface area (TPSA) is 58.3 Å². The fourth-order valence-electron chi connectivity index (χ4n) is 3.40. The van der Waals surface area contributed by atoms with E-state index in [1.165, 1.54) is 25.7 Å². The smallest absolute Gasteiger partial charge is 0.0851 e. The number of nitrogens with two attached hydrogens (primary N) is 1. The summed E-state index contributed by atoms with van der Waals surface area (Å²) in [6.07, 6.45) is 8.20. The molecule has 0 aromatic carbocycles. The van der Waals surface area contributed by atoms with Gasteiger partial charge in [0.25, 0.3) is 0 Å². The number of aliphatic hydroxyl groups is 1. The molecule has 0 radical (unpaired) electrons. The molecular weight excluding hydrogens is 188 g/mol. The van der Waals surface area contributed by atoms with Crippen LogP contribution in [0.1, 0.15) is 44.9 Å². The third kappa shape index (κ3) is 1.93. The van der Waals surface area contributed by atoms with Gasteiger partial charge in [-0.15, -0.1) is 0 Å². The minimum absolute atomic E-state index is 0.00694. The lowest BCUT2D eigenvalue weighted by atomic mass is 9.66. The summed E-state index contributed by atoms with van der Waals surface area (Å²) < 4.78 is 0. The minimum atomic E-state index is -0.536. The van der Waals surface area contributed by atoms with Gasteiger partial charge in [0.2, 0.25) is 0 Å². The Morgan fingerprint density at radius 1 is 1.07 bits per heavy atom. The lowest BCUT2D eigenvalue weighted by molar-refractivity contribution is -0.0734. The Hall–Kier alpha value is -0.120. The molecule has 0 aromatic rings. The molecule has 2 fully saturated rings. The van der Waals surface area contributed by atoms with Crippen molar-refractivity contribution in [1.82, 2.24) is 5.32 Å². The molecule has 0 spiro atoms. The Morgan fingerprint density at radius 2 is 1.73 bits per heavy atom. The van der Waals surface area contributed by atoms with Gasteiger partial charge in [-0.3, -0.25) is 0 Å². The van der Waals surface area contributed by atoms with Gasteiger partial charge in [0.15, 0.2) is 0 Å². The highest BCUT2D eigenvalue weighted by Gasteiger charge is 2.50. The van der Waals surface area contributed by atoms with Gasteiger partial charge >= 0.3 is 0 Å². The SMILES string of the molecule is NCC1(C2(O)CCNC2)CCCCCC1. The molecule has 0 amide bonds. The fraction of sp³-hybridized carbons (Fsp3) is 1.00. The average Bonchev–Trinajstić information content (AvgIpc) is 2.57. The third-order valence-electron chi connectivity index (χ3n) is 4.57. The molecule has 0 bridgehead atoms. The van der Waals surface area contributed by atoms with E-state index in [9.17, 15) is 5.11 Å². The van der Waals surface area contributed by atoms with Crippen LogP contribution in [0.15, 0.2) is 0 Å². The molecule has 1 saturated heterocycles. The number of rotatable bonds is 2. The van der Waals surface area contributed by atoms with Crippen molar-refractivity contribution in [1.29, 1.82) is 0 Å². The van der Waals surface area contributed by atoms with Crippen LogP contribution in [0.25, 0.3) is 0 Å². The van der Waals surface area contributed by atoms with Gasteiger partial charge < -0.3 is 16.2 Å². The summed E-state index contributed by atoms with van der Waals surface area (Å²) in [5.74, 6) is 0. The van der Waals surface area contributed by atoms with Gasteiger partial charge in [0.05, 0.1) is 5.60 Å². The Kier molecular flexibility index (Phi) is 3.33. The van der Waals surface area contributed by atoms with Crippen LogP contribution in [0.2, 0.25) is 0 Å². The van der Waals surface area contributed by atoms with E-state index >= 15 is 0 Å². The Morgan fingerprint density at radius 3 is 2.20 bits per heavy atom. The van der Waals surface area contributed by atoms with E-state index in [-0.39, 0.29) is 5.41 Å². The Balaban J connectivity index is 2.17. The quantitative estimate of drug-likeness (QED) is 0.599. The van der Waals surface area contributed by atoms with E-state index in [1.807, 2.05) is 0 Å². The highest BCUT2D eigenvalue weighted by molar-refractivity contribution is 5.04. The van der Waals surface area contributed by atoms with Crippen molar-refractivity contribution < 1.29 is 5.11 Å². The van der Waals surface area contributed by atoms with Crippen LogP contribution < -0.4 is 11.1 Å². The summed E-state index contributed by atoms with van der Waals surface area (Å²) in [7, 11) is 0. The van der Waals surface area contributed by atoms with Gasteiger partial charge in [0, 0.05) is 18.5 Å². The summed E-state index contributed by atoms with van der Waals surface area (Å²) in [5.41, 5.74) is 5.44. The summed E-state index contributed by atoms with van der Waals surface area (Å²) >= 11 is 0. The van der Waals surface area contributed by atoms with Crippen molar-refractivity contribution in [3.63, 3.8) is 0 Å². The van der Waals surface area contributed by atoms with Crippen molar-refractivity contribution in [3.05, 3.63) is 0 Å². The van der Waals surface area contributed by atoms with Crippen molar-refractivity contribution in [2.75, 3.05) is 19.6 Å². The van der Waals surface area contributed by atoms with Crippen molar-refractivity contribution in [3.8, 4) is 0 Å². The van der Waals surface area contributed by atoms with Crippen molar-refractivity contribution >= 4 is 0 Å². The summed E-state index contributed by atoms with van der Waals surface area (Å²) in [6.45, 7) is 2.33. The second-order valence-electron chi connectivity index (χ2n) is 5.36. The lowest BCUT2D eigenvalue weighted by Crippen LogP contribution is -2.53. The van der Waals surface area contributed by atoms with Crippen LogP contribution >= 0.6 is 0 Å². The summed E-state index contributed by atoms with van der Waals surface area (Å²) in [4.78, 5) is 0. The average molecular weight is 212 g/mol. The predicted octanol–water partition coefficient (Wildman–Crippen LogP) is 1.01. The zero-order chi connectivity index (χ0) is 10.8. The first kappa shape index (κ1) is 11.4. The van der Waals surface area contributed by atoms with E-state index in [0.717, 1.165) is 32.4 Å². The molecule has 0 aromatic heterocycles. The first-order valence-electron chi connectivity index (χ1n) is 6.36. The van der Waals surface area contributed by atoms with Gasteiger partial charge in [-0.1, -0.05) is 25.7 Å².